The van der Waals surface area contributed by atoms with Gasteiger partial charge in [0, 0.05) is 18.7 Å². The van der Waals surface area contributed by atoms with Gasteiger partial charge >= 0.3 is 13.6 Å². The highest BCUT2D eigenvalue weighted by Gasteiger charge is 2.31. The number of rotatable bonds is 11. The Kier molecular flexibility index (Phi) is 8.82. The molecule has 9 heteroatoms. The van der Waals surface area contributed by atoms with E-state index in [-0.39, 0.29) is 19.4 Å². The van der Waals surface area contributed by atoms with E-state index in [1.807, 2.05) is 55.5 Å². The second kappa shape index (κ2) is 11.8. The standard InChI is InChI=1S/C26H29N2O6P/c1-19-7-11-21(12-8-19)22-13-9-20(10-14-22)17-24(26(31)27-16-15-25(29)30)28(18-35(32,33)34)23-5-3-2-4-6-23/h2-14,24H,15-18H2,1H3,(H,27,31)(H,29,30)(H2,32,33,34)/t24-/m0/s1. The second-order valence-electron chi connectivity index (χ2n) is 8.33. The summed E-state index contributed by atoms with van der Waals surface area (Å²) in [5.74, 6) is -1.56. The Bertz CT molecular complexity index is 1180. The fraction of sp³-hybridized carbons (Fsp3) is 0.231. The number of nitrogens with zero attached hydrogens (tertiary/aromatic N) is 1. The third kappa shape index (κ3) is 8.07. The number of anilines is 1. The predicted molar refractivity (Wildman–Crippen MR) is 135 cm³/mol. The summed E-state index contributed by atoms with van der Waals surface area (Å²) in [5.41, 5.74) is 4.49. The molecule has 35 heavy (non-hydrogen) atoms. The van der Waals surface area contributed by atoms with E-state index in [0.29, 0.717) is 5.69 Å². The summed E-state index contributed by atoms with van der Waals surface area (Å²) in [4.78, 5) is 44.9. The number of aryl methyl sites for hydroxylation is 1. The largest absolute Gasteiger partial charge is 0.481 e. The van der Waals surface area contributed by atoms with Crippen molar-refractivity contribution in [2.45, 2.75) is 25.8 Å². The molecule has 0 unspecified atom stereocenters. The summed E-state index contributed by atoms with van der Waals surface area (Å²) in [5, 5.41) is 11.5. The van der Waals surface area contributed by atoms with E-state index in [0.717, 1.165) is 22.3 Å². The number of carboxylic acids is 1. The lowest BCUT2D eigenvalue weighted by atomic mass is 9.99. The molecule has 3 aromatic rings. The van der Waals surface area contributed by atoms with Gasteiger partial charge in [0.2, 0.25) is 5.91 Å². The molecule has 3 aromatic carbocycles. The van der Waals surface area contributed by atoms with Gasteiger partial charge in [-0.25, -0.2) is 0 Å². The van der Waals surface area contributed by atoms with Crippen LogP contribution < -0.4 is 10.2 Å². The zero-order valence-electron chi connectivity index (χ0n) is 19.4. The van der Waals surface area contributed by atoms with Crippen LogP contribution in [0.5, 0.6) is 0 Å². The van der Waals surface area contributed by atoms with Crippen molar-refractivity contribution in [2.24, 2.45) is 0 Å². The van der Waals surface area contributed by atoms with Crippen LogP contribution in [0.1, 0.15) is 17.5 Å². The number of carbonyl (C=O) groups excluding carboxylic acids is 1. The Balaban J connectivity index is 1.90. The van der Waals surface area contributed by atoms with Crippen molar-refractivity contribution in [3.8, 4) is 11.1 Å². The third-order valence-corrected chi connectivity index (χ3v) is 6.18. The van der Waals surface area contributed by atoms with Crippen LogP contribution in [0, 0.1) is 6.92 Å². The zero-order chi connectivity index (χ0) is 25.4. The normalized spacial score (nSPS) is 12.1. The highest BCUT2D eigenvalue weighted by Crippen LogP contribution is 2.38. The molecule has 1 amide bonds. The minimum Gasteiger partial charge on any atom is -0.481 e. The maximum Gasteiger partial charge on any atom is 0.344 e. The molecule has 0 aromatic heterocycles. The highest BCUT2D eigenvalue weighted by atomic mass is 31.2. The number of carboxylic acid groups (broad SMARTS) is 1. The van der Waals surface area contributed by atoms with Crippen molar-refractivity contribution in [3.05, 3.63) is 90.0 Å². The number of carbonyl (C=O) groups is 2. The van der Waals surface area contributed by atoms with E-state index >= 15 is 0 Å². The SMILES string of the molecule is Cc1ccc(-c2ccc(C[C@@H](C(=O)NCCC(=O)O)N(CP(=O)(O)O)c3ccccc3)cc2)cc1. The Morgan fingerprint density at radius 3 is 2.03 bits per heavy atom. The molecule has 4 N–H and O–H groups in total. The number of hydrogen-bond donors (Lipinski definition) is 4. The molecule has 0 spiro atoms. The fourth-order valence-electron chi connectivity index (χ4n) is 3.74. The van der Waals surface area contributed by atoms with Gasteiger partial charge in [-0.3, -0.25) is 14.2 Å². The van der Waals surface area contributed by atoms with Gasteiger partial charge in [0.05, 0.1) is 6.42 Å². The van der Waals surface area contributed by atoms with Gasteiger partial charge in [0.25, 0.3) is 0 Å². The Morgan fingerprint density at radius 2 is 1.49 bits per heavy atom. The lowest BCUT2D eigenvalue weighted by molar-refractivity contribution is -0.136. The van der Waals surface area contributed by atoms with Crippen LogP contribution in [0.2, 0.25) is 0 Å². The molecular formula is C26H29N2O6P. The lowest BCUT2D eigenvalue weighted by Crippen LogP contribution is -2.49. The summed E-state index contributed by atoms with van der Waals surface area (Å²) >= 11 is 0. The molecule has 0 aliphatic heterocycles. The predicted octanol–water partition coefficient (Wildman–Crippen LogP) is 3.81. The van der Waals surface area contributed by atoms with Crippen molar-refractivity contribution in [3.63, 3.8) is 0 Å². The molecule has 0 heterocycles. The first-order valence-corrected chi connectivity index (χ1v) is 12.9. The van der Waals surface area contributed by atoms with Gasteiger partial charge in [-0.15, -0.1) is 0 Å². The summed E-state index contributed by atoms with van der Waals surface area (Å²) < 4.78 is 12.0. The van der Waals surface area contributed by atoms with Crippen LogP contribution in [0.15, 0.2) is 78.9 Å². The third-order valence-electron chi connectivity index (χ3n) is 5.51. The van der Waals surface area contributed by atoms with Crippen molar-refractivity contribution in [1.29, 1.82) is 0 Å². The number of hydrogen-bond acceptors (Lipinski definition) is 4. The van der Waals surface area contributed by atoms with E-state index in [9.17, 15) is 23.9 Å². The van der Waals surface area contributed by atoms with Gasteiger partial charge < -0.3 is 25.1 Å². The molecular weight excluding hydrogens is 467 g/mol. The maximum atomic E-state index is 13.2. The number of aliphatic carboxylic acids is 1. The lowest BCUT2D eigenvalue weighted by Gasteiger charge is -2.33. The van der Waals surface area contributed by atoms with Gasteiger partial charge in [-0.2, -0.15) is 0 Å². The first-order valence-electron chi connectivity index (χ1n) is 11.1. The Hall–Kier alpha value is -3.45. The zero-order valence-corrected chi connectivity index (χ0v) is 20.3. The van der Waals surface area contributed by atoms with Crippen molar-refractivity contribution in [2.75, 3.05) is 17.7 Å². The van der Waals surface area contributed by atoms with Crippen LogP contribution in [0.25, 0.3) is 11.1 Å². The van der Waals surface area contributed by atoms with Crippen LogP contribution >= 0.6 is 7.60 Å². The van der Waals surface area contributed by atoms with Gasteiger partial charge in [0.1, 0.15) is 12.3 Å². The monoisotopic (exact) mass is 496 g/mol. The van der Waals surface area contributed by atoms with Crippen molar-refractivity contribution in [1.82, 2.24) is 5.32 Å². The molecule has 8 nitrogen and oxygen atoms in total. The molecule has 184 valence electrons. The minimum atomic E-state index is -4.53. The molecule has 0 bridgehead atoms. The number of para-hydroxylation sites is 1. The first kappa shape index (κ1) is 26.2. The van der Waals surface area contributed by atoms with Crippen molar-refractivity contribution < 1.29 is 29.0 Å². The number of nitrogens with one attached hydrogen (secondary N) is 1. The topological polar surface area (TPSA) is 127 Å². The molecule has 0 saturated carbocycles. The van der Waals surface area contributed by atoms with Crippen LogP contribution in [0.3, 0.4) is 0 Å². The maximum absolute atomic E-state index is 13.2. The summed E-state index contributed by atoms with van der Waals surface area (Å²) in [6.07, 6.45) is -0.745. The molecule has 0 radical (unpaired) electrons. The van der Waals surface area contributed by atoms with E-state index in [4.69, 9.17) is 5.11 Å². The highest BCUT2D eigenvalue weighted by molar-refractivity contribution is 7.51. The van der Waals surface area contributed by atoms with Gasteiger partial charge in [0.15, 0.2) is 0 Å². The summed E-state index contributed by atoms with van der Waals surface area (Å²) in [6, 6.07) is 23.3. The van der Waals surface area contributed by atoms with Gasteiger partial charge in [-0.05, 0) is 35.7 Å². The quantitative estimate of drug-likeness (QED) is 0.297. The average molecular weight is 497 g/mol. The number of benzene rings is 3. The van der Waals surface area contributed by atoms with Gasteiger partial charge in [-0.1, -0.05) is 72.3 Å². The van der Waals surface area contributed by atoms with E-state index in [2.05, 4.69) is 5.32 Å². The first-order chi connectivity index (χ1) is 16.6. The fourth-order valence-corrected chi connectivity index (χ4v) is 4.49. The summed E-state index contributed by atoms with van der Waals surface area (Å²) in [7, 11) is -4.53. The van der Waals surface area contributed by atoms with E-state index in [1.165, 1.54) is 4.90 Å². The Labute approximate surface area is 204 Å². The molecule has 0 saturated heterocycles. The summed E-state index contributed by atoms with van der Waals surface area (Å²) in [6.45, 7) is 1.93. The Morgan fingerprint density at radius 1 is 0.914 bits per heavy atom. The smallest absolute Gasteiger partial charge is 0.344 e. The minimum absolute atomic E-state index is 0.0877. The van der Waals surface area contributed by atoms with Crippen LogP contribution in [-0.2, 0) is 20.6 Å². The van der Waals surface area contributed by atoms with Crippen LogP contribution in [-0.4, -0.2) is 45.6 Å². The molecule has 3 rings (SSSR count). The van der Waals surface area contributed by atoms with E-state index < -0.39 is 31.8 Å². The molecule has 0 aliphatic rings. The van der Waals surface area contributed by atoms with Crippen molar-refractivity contribution >= 4 is 25.2 Å². The second-order valence-corrected chi connectivity index (χ2v) is 9.94. The average Bonchev–Trinajstić information content (AvgIpc) is 2.82. The molecule has 0 aliphatic carbocycles. The molecule has 0 fully saturated rings. The molecule has 1 atom stereocenters. The van der Waals surface area contributed by atoms with E-state index in [1.54, 1.807) is 30.3 Å². The number of amides is 1. The van der Waals surface area contributed by atoms with Crippen LogP contribution in [0.4, 0.5) is 5.69 Å².